The standard InChI is InChI=1S/C25H28N6O3S.C24H24N6O3S.C24H26N6O3S.C21H21N7O4S/c1-3-4-10-35(33,34)15-17-6-5-7-18(11-17)22-13-23(28-20-8-9-20)31-24(29-22)19(14-26-31)12-21-16(2)27-25(32)30-21;1-14-20(29-24(31)26-14)10-17-12-25-30-22(27-18-5-6-18)11-21(28-23(17)30)16-4-2-3-15(9-16)13-34(32,33)19-7-8-19;1-3-9-34(32,33)14-16-5-4-6-17(10-16)21-12-22(27-19-7-8-19)30-23(28-21)18(13-25-30)11-20-15(2)26-24(31)29-20;1-27(33(2,31)32)15-5-3-4-12(8-15)16-10-18(23-14-6-7-14)28-19(24-16)13(11-22-28)9-17-20(29)26-21(30)25-17/h5-7,11-14,20,28H,2-4,8-10,15H2,1H3,(H2,27,30,32);2-4,9-12,18-19,27H,1,5-8,13H2,(H2,26,29,31);4-6,10-13,19,27H,2-3,7-9,14H2,1H3,(H2,26,29,31);3-5,8-11,14,29H,6-7H2,1-2H3,(H2,25,26,30)/b21-12-;20-10-;20-11-;. The van der Waals surface area contributed by atoms with Gasteiger partial charge in [0.1, 0.15) is 23.1 Å². The average molecular weight is 1920 g/mol. The summed E-state index contributed by atoms with van der Waals surface area (Å²) in [5, 5.41) is 41.9. The van der Waals surface area contributed by atoms with E-state index in [4.69, 9.17) is 24.9 Å². The van der Waals surface area contributed by atoms with Gasteiger partial charge in [-0.1, -0.05) is 107 Å². The van der Waals surface area contributed by atoms with Crippen molar-refractivity contribution in [1.29, 1.82) is 0 Å². The van der Waals surface area contributed by atoms with Gasteiger partial charge in [-0.3, -0.25) is 14.3 Å². The van der Waals surface area contributed by atoms with Crippen LogP contribution in [0.25, 0.3) is 112 Å². The third-order valence-electron chi connectivity index (χ3n) is 23.2. The lowest BCUT2D eigenvalue weighted by Crippen LogP contribution is -2.24. The summed E-state index contributed by atoms with van der Waals surface area (Å²) in [6, 6.07) is 38.7. The number of H-pyrrole nitrogens is 8. The van der Waals surface area contributed by atoms with E-state index in [2.05, 4.69) is 96.0 Å². The summed E-state index contributed by atoms with van der Waals surface area (Å²) in [4.78, 5) is 91.4. The molecule has 136 heavy (non-hydrogen) atoms. The number of rotatable bonds is 29. The normalized spacial score (nSPS) is 15.4. The van der Waals surface area contributed by atoms with E-state index < -0.39 is 45.2 Å². The summed E-state index contributed by atoms with van der Waals surface area (Å²) >= 11 is 0. The van der Waals surface area contributed by atoms with Crippen molar-refractivity contribution in [3.8, 4) is 50.9 Å². The van der Waals surface area contributed by atoms with Gasteiger partial charge in [0.25, 0.3) is 0 Å². The maximum absolute atomic E-state index is 12.5. The molecule has 21 rings (SSSR count). The van der Waals surface area contributed by atoms with E-state index in [0.29, 0.717) is 130 Å². The average Bonchev–Trinajstić information content (AvgIpc) is 1.61. The molecule has 0 aliphatic heterocycles. The molecule has 0 atom stereocenters. The predicted octanol–water partition coefficient (Wildman–Crippen LogP) is 4.92. The second-order valence-electron chi connectivity index (χ2n) is 34.8. The fourth-order valence-electron chi connectivity index (χ4n) is 15.4. The molecule has 5 aliphatic rings. The fourth-order valence-corrected chi connectivity index (χ4v) is 20.7. The van der Waals surface area contributed by atoms with Crippen molar-refractivity contribution in [2.45, 2.75) is 144 Å². The highest BCUT2D eigenvalue weighted by Crippen LogP contribution is 2.36. The number of benzene rings is 4. The van der Waals surface area contributed by atoms with Gasteiger partial charge in [-0.2, -0.15) is 38.5 Å². The summed E-state index contributed by atoms with van der Waals surface area (Å²) < 4.78 is 107. The first-order chi connectivity index (χ1) is 65.2. The summed E-state index contributed by atoms with van der Waals surface area (Å²) in [5.74, 6) is 2.57. The number of aromatic amines is 8. The van der Waals surface area contributed by atoms with Crippen LogP contribution in [0.5, 0.6) is 5.88 Å². The van der Waals surface area contributed by atoms with Crippen LogP contribution in [0.15, 0.2) is 170 Å². The van der Waals surface area contributed by atoms with Crippen molar-refractivity contribution in [2.75, 3.05) is 45.1 Å². The Morgan fingerprint density at radius 3 is 1.23 bits per heavy atom. The molecule has 0 saturated heterocycles. The quantitative estimate of drug-likeness (QED) is 0.0296. The lowest BCUT2D eigenvalue weighted by atomic mass is 10.1. The molecule has 38 nitrogen and oxygen atoms in total. The number of unbranched alkanes of at least 4 members (excludes halogenated alkanes) is 1. The van der Waals surface area contributed by atoms with Gasteiger partial charge in [-0.05, 0) is 148 Å². The number of fused-ring (bicyclic) bond motifs is 4. The zero-order chi connectivity index (χ0) is 95.2. The highest BCUT2D eigenvalue weighted by Gasteiger charge is 2.36. The lowest BCUT2D eigenvalue weighted by molar-refractivity contribution is 0.454. The second kappa shape index (κ2) is 37.5. The third kappa shape index (κ3) is 21.8. The van der Waals surface area contributed by atoms with Crippen LogP contribution in [0.2, 0.25) is 0 Å². The molecule has 702 valence electrons. The first kappa shape index (κ1) is 91.6. The Bertz CT molecular complexity index is 8660. The predicted molar refractivity (Wildman–Crippen MR) is 522 cm³/mol. The van der Waals surface area contributed by atoms with E-state index in [9.17, 15) is 58.0 Å². The minimum absolute atomic E-state index is 0.00292. The molecular formula is C94H99N25O13S4. The molecule has 12 aromatic heterocycles. The van der Waals surface area contributed by atoms with Crippen LogP contribution in [0, 0.1) is 0 Å². The first-order valence-corrected chi connectivity index (χ1v) is 51.7. The van der Waals surface area contributed by atoms with E-state index >= 15 is 0 Å². The van der Waals surface area contributed by atoms with Crippen LogP contribution < -0.4 is 85.8 Å². The summed E-state index contributed by atoms with van der Waals surface area (Å²) in [7, 11) is -11.4. The smallest absolute Gasteiger partial charge is 0.326 e. The van der Waals surface area contributed by atoms with E-state index in [1.54, 1.807) is 85.4 Å². The highest BCUT2D eigenvalue weighted by atomic mass is 32.2. The molecule has 0 unspecified atom stereocenters. The van der Waals surface area contributed by atoms with Crippen LogP contribution in [-0.2, 0) is 56.8 Å². The fraction of sp³-hybridized carbons (Fsp3) is 0.287. The Morgan fingerprint density at radius 1 is 0.449 bits per heavy atom. The molecule has 42 heteroatoms. The minimum atomic E-state index is -3.42. The van der Waals surface area contributed by atoms with Gasteiger partial charge in [0, 0.05) is 93.6 Å². The summed E-state index contributed by atoms with van der Waals surface area (Å²) in [6.45, 7) is 15.4. The molecule has 5 saturated carbocycles. The van der Waals surface area contributed by atoms with Crippen molar-refractivity contribution < 1.29 is 38.8 Å². The van der Waals surface area contributed by atoms with Gasteiger partial charge in [-0.15, -0.1) is 0 Å². The van der Waals surface area contributed by atoms with Crippen LogP contribution >= 0.6 is 0 Å². The number of aromatic nitrogens is 20. The maximum atomic E-state index is 12.5. The third-order valence-corrected chi connectivity index (χ3v) is 30.2. The lowest BCUT2D eigenvalue weighted by Gasteiger charge is -2.17. The number of nitrogens with one attached hydrogen (secondary N) is 11. The van der Waals surface area contributed by atoms with E-state index in [-0.39, 0.29) is 68.7 Å². The Balaban J connectivity index is 0.000000121. The number of sulfonamides is 1. The first-order valence-electron chi connectivity index (χ1n) is 44.5. The van der Waals surface area contributed by atoms with Gasteiger partial charge in [0.2, 0.25) is 15.9 Å². The number of hydrogen-bond donors (Lipinski definition) is 12. The second-order valence-corrected chi connectivity index (χ2v) is 43.5. The number of hydrogen-bond acceptors (Lipinski definition) is 25. The molecule has 0 spiro atoms. The topological polar surface area (TPSA) is 524 Å². The van der Waals surface area contributed by atoms with E-state index in [0.717, 1.165) is 144 Å². The Morgan fingerprint density at radius 2 is 0.846 bits per heavy atom. The number of imidazole rings is 4. The van der Waals surface area contributed by atoms with Crippen LogP contribution in [0.1, 0.15) is 136 Å². The molecule has 0 bridgehead atoms. The van der Waals surface area contributed by atoms with Gasteiger partial charge < -0.3 is 55.9 Å². The van der Waals surface area contributed by atoms with Gasteiger partial charge in [-0.25, -0.2) is 72.8 Å². The van der Waals surface area contributed by atoms with Crippen molar-refractivity contribution in [3.05, 3.63) is 270 Å². The van der Waals surface area contributed by atoms with Crippen molar-refractivity contribution in [3.63, 3.8) is 0 Å². The van der Waals surface area contributed by atoms with Crippen LogP contribution in [-0.4, -0.2) is 191 Å². The Hall–Kier alpha value is -14.9. The minimum Gasteiger partial charge on any atom is -0.493 e. The molecule has 4 aromatic carbocycles. The maximum Gasteiger partial charge on any atom is 0.326 e. The Kier molecular flexibility index (Phi) is 25.3. The zero-order valence-corrected chi connectivity index (χ0v) is 77.9. The number of aromatic hydroxyl groups is 1. The van der Waals surface area contributed by atoms with Crippen molar-refractivity contribution in [2.24, 2.45) is 4.99 Å². The van der Waals surface area contributed by atoms with Crippen molar-refractivity contribution >= 4 is 129 Å². The van der Waals surface area contributed by atoms with Gasteiger partial charge >= 0.3 is 22.8 Å². The van der Waals surface area contributed by atoms with Gasteiger partial charge in [0.15, 0.2) is 57.6 Å². The molecule has 5 fully saturated rings. The number of anilines is 4. The number of sulfone groups is 3. The summed E-state index contributed by atoms with van der Waals surface area (Å²) in [5.41, 5.74) is 12.5. The molecule has 12 N–H and O–H groups in total. The van der Waals surface area contributed by atoms with E-state index in [1.807, 2.05) is 117 Å². The molecule has 12 heterocycles. The molecule has 16 aromatic rings. The monoisotopic (exact) mass is 1910 g/mol. The number of nitrogens with zero attached hydrogens (tertiary/aromatic N) is 14. The van der Waals surface area contributed by atoms with Crippen LogP contribution in [0.4, 0.5) is 23.1 Å². The molecule has 0 radical (unpaired) electrons. The van der Waals surface area contributed by atoms with Crippen LogP contribution in [0.3, 0.4) is 0 Å². The van der Waals surface area contributed by atoms with Crippen molar-refractivity contribution in [1.82, 2.24) is 98.3 Å². The summed E-state index contributed by atoms with van der Waals surface area (Å²) in [6.07, 6.45) is 27.0. The van der Waals surface area contributed by atoms with E-state index in [1.165, 1.54) is 11.4 Å². The highest BCUT2D eigenvalue weighted by molar-refractivity contribution is 7.92. The molecule has 5 aliphatic carbocycles. The largest absolute Gasteiger partial charge is 0.493 e. The Labute approximate surface area is 776 Å². The molecular weight excluding hydrogens is 1820 g/mol. The SMILES string of the molecule is C=c1[nH]c(=O)[nH]/c1=C\c1cnn2c(NC3CC3)cc(-c3cccc(CS(=O)(=O)C4CC4)c3)nc12.C=c1[nH]c(=O)[nH]/c1=C\c1cnn2c(NC3CC3)cc(-c3cccc(CS(=O)(=O)CCC)c3)nc12.C=c1[nH]c(=O)[nH]/c1=C\c1cnn2c(NC3CC3)cc(-c3cccc(CS(=O)(=O)CCCC)c3)nc12.CN(c1cccc(-c2cc(=NC3CC3)n3ncc(=Cc4[nH]c(=O)[nH]c4O)c3n2)c1)S(C)(=O)=O. The zero-order valence-electron chi connectivity index (χ0n) is 74.6. The molecule has 0 amide bonds. The van der Waals surface area contributed by atoms with Gasteiger partial charge in [0.05, 0.1) is 132 Å².